The zero-order valence-corrected chi connectivity index (χ0v) is 12.5. The summed E-state index contributed by atoms with van der Waals surface area (Å²) in [5.74, 6) is 0. The molecule has 3 rings (SSSR count). The lowest BCUT2D eigenvalue weighted by molar-refractivity contribution is 0.527. The predicted molar refractivity (Wildman–Crippen MR) is 87.4 cm³/mol. The molecule has 20 heavy (non-hydrogen) atoms. The minimum Gasteiger partial charge on any atom is -0.376 e. The number of allylic oxidation sites excluding steroid dienone is 3. The number of hydrogen-bond acceptors (Lipinski definition) is 1. The van der Waals surface area contributed by atoms with Crippen molar-refractivity contribution in [3.63, 3.8) is 0 Å². The summed E-state index contributed by atoms with van der Waals surface area (Å²) in [5.41, 5.74) is 3.56. The van der Waals surface area contributed by atoms with E-state index in [0.717, 1.165) is 17.2 Å². The summed E-state index contributed by atoms with van der Waals surface area (Å²) in [4.78, 5) is 2.09. The Kier molecular flexibility index (Phi) is 3.54. The SMILES string of the molecule is CN(C)C1=C(c2cccc3ccccc23)[CH]CC=C1Cl. The quantitative estimate of drug-likeness (QED) is 0.761. The predicted octanol–water partition coefficient (Wildman–Crippen LogP) is 4.84. The number of hydrogen-bond donors (Lipinski definition) is 0. The second-order valence-electron chi connectivity index (χ2n) is 5.18. The van der Waals surface area contributed by atoms with Crippen LogP contribution in [0, 0.1) is 6.42 Å². The van der Waals surface area contributed by atoms with E-state index in [9.17, 15) is 0 Å². The number of rotatable bonds is 2. The molecule has 0 saturated carbocycles. The molecule has 1 aliphatic carbocycles. The van der Waals surface area contributed by atoms with E-state index in [1.165, 1.54) is 21.9 Å². The number of halogens is 1. The average Bonchev–Trinajstić information content (AvgIpc) is 2.46. The Morgan fingerprint density at radius 2 is 1.75 bits per heavy atom. The highest BCUT2D eigenvalue weighted by Gasteiger charge is 2.19. The van der Waals surface area contributed by atoms with Crippen LogP contribution in [-0.4, -0.2) is 19.0 Å². The Bertz CT molecular complexity index is 705. The van der Waals surface area contributed by atoms with E-state index in [1.54, 1.807) is 0 Å². The summed E-state index contributed by atoms with van der Waals surface area (Å²) in [7, 11) is 4.08. The summed E-state index contributed by atoms with van der Waals surface area (Å²) in [6, 6.07) is 14.9. The third kappa shape index (κ3) is 2.23. The molecular weight excluding hydrogens is 266 g/mol. The second-order valence-corrected chi connectivity index (χ2v) is 5.58. The van der Waals surface area contributed by atoms with Crippen molar-refractivity contribution in [3.8, 4) is 0 Å². The van der Waals surface area contributed by atoms with Crippen LogP contribution in [0.15, 0.2) is 59.3 Å². The molecule has 0 spiro atoms. The molecule has 0 atom stereocenters. The lowest BCUT2D eigenvalue weighted by atomic mass is 9.91. The normalized spacial score (nSPS) is 15.4. The molecule has 0 aliphatic heterocycles. The summed E-state index contributed by atoms with van der Waals surface area (Å²) >= 11 is 6.42. The maximum Gasteiger partial charge on any atom is 0.0602 e. The molecule has 0 bridgehead atoms. The molecule has 2 aromatic rings. The van der Waals surface area contributed by atoms with Crippen LogP contribution in [0.5, 0.6) is 0 Å². The van der Waals surface area contributed by atoms with E-state index >= 15 is 0 Å². The van der Waals surface area contributed by atoms with E-state index in [-0.39, 0.29) is 0 Å². The van der Waals surface area contributed by atoms with Crippen LogP contribution >= 0.6 is 11.6 Å². The van der Waals surface area contributed by atoms with Gasteiger partial charge in [-0.1, -0.05) is 60.1 Å². The van der Waals surface area contributed by atoms with Crippen LogP contribution < -0.4 is 0 Å². The third-order valence-electron chi connectivity index (χ3n) is 3.63. The Morgan fingerprint density at radius 1 is 1.00 bits per heavy atom. The monoisotopic (exact) mass is 282 g/mol. The number of benzene rings is 2. The fraction of sp³-hybridized carbons (Fsp3) is 0.167. The van der Waals surface area contributed by atoms with Gasteiger partial charge in [0.15, 0.2) is 0 Å². The fourth-order valence-electron chi connectivity index (χ4n) is 2.75. The maximum absolute atomic E-state index is 6.42. The highest BCUT2D eigenvalue weighted by Crippen LogP contribution is 2.37. The fourth-order valence-corrected chi connectivity index (χ4v) is 3.11. The molecule has 0 amide bonds. The number of fused-ring (bicyclic) bond motifs is 1. The van der Waals surface area contributed by atoms with Crippen LogP contribution in [0.25, 0.3) is 16.3 Å². The van der Waals surface area contributed by atoms with Gasteiger partial charge in [0.1, 0.15) is 0 Å². The third-order valence-corrected chi connectivity index (χ3v) is 3.96. The molecule has 0 aromatic heterocycles. The number of nitrogens with zero attached hydrogens (tertiary/aromatic N) is 1. The molecule has 2 heteroatoms. The maximum atomic E-state index is 6.42. The molecular formula is C18H17ClN. The van der Waals surface area contributed by atoms with Gasteiger partial charge in [0.25, 0.3) is 0 Å². The molecule has 0 N–H and O–H groups in total. The molecule has 0 unspecified atom stereocenters. The van der Waals surface area contributed by atoms with Gasteiger partial charge < -0.3 is 4.90 Å². The van der Waals surface area contributed by atoms with Crippen LogP contribution in [0.4, 0.5) is 0 Å². The van der Waals surface area contributed by atoms with Gasteiger partial charge in [-0.25, -0.2) is 0 Å². The van der Waals surface area contributed by atoms with Gasteiger partial charge in [-0.05, 0) is 34.8 Å². The van der Waals surface area contributed by atoms with Crippen molar-refractivity contribution in [2.75, 3.05) is 14.1 Å². The molecule has 0 heterocycles. The van der Waals surface area contributed by atoms with Crippen LogP contribution in [0.3, 0.4) is 0 Å². The van der Waals surface area contributed by atoms with E-state index in [4.69, 9.17) is 11.6 Å². The van der Waals surface area contributed by atoms with E-state index in [1.807, 2.05) is 14.1 Å². The van der Waals surface area contributed by atoms with Crippen molar-refractivity contribution in [2.24, 2.45) is 0 Å². The molecule has 0 saturated heterocycles. The minimum atomic E-state index is 0.834. The Labute approximate surface area is 125 Å². The molecule has 1 aliphatic rings. The van der Waals surface area contributed by atoms with E-state index < -0.39 is 0 Å². The molecule has 101 valence electrons. The van der Waals surface area contributed by atoms with Crippen molar-refractivity contribution in [2.45, 2.75) is 6.42 Å². The Hall–Kier alpha value is -1.73. The summed E-state index contributed by atoms with van der Waals surface area (Å²) < 4.78 is 0. The van der Waals surface area contributed by atoms with Crippen LogP contribution in [0.1, 0.15) is 12.0 Å². The Balaban J connectivity index is 2.28. The highest BCUT2D eigenvalue weighted by molar-refractivity contribution is 6.33. The lowest BCUT2D eigenvalue weighted by Crippen LogP contribution is -2.16. The Morgan fingerprint density at radius 3 is 2.55 bits per heavy atom. The molecule has 1 nitrogen and oxygen atoms in total. The minimum absolute atomic E-state index is 0.834. The molecule has 1 radical (unpaired) electrons. The van der Waals surface area contributed by atoms with Gasteiger partial charge in [0.2, 0.25) is 0 Å². The highest BCUT2D eigenvalue weighted by atomic mass is 35.5. The first-order valence-corrected chi connectivity index (χ1v) is 7.15. The van der Waals surface area contributed by atoms with Gasteiger partial charge in [-0.3, -0.25) is 0 Å². The first kappa shape index (κ1) is 13.3. The van der Waals surface area contributed by atoms with Crippen molar-refractivity contribution >= 4 is 27.9 Å². The summed E-state index contributed by atoms with van der Waals surface area (Å²) in [6.45, 7) is 0. The summed E-state index contributed by atoms with van der Waals surface area (Å²) in [5, 5.41) is 3.36. The van der Waals surface area contributed by atoms with Gasteiger partial charge in [0, 0.05) is 14.1 Å². The molecule has 0 fully saturated rings. The van der Waals surface area contributed by atoms with E-state index in [0.29, 0.717) is 0 Å². The largest absolute Gasteiger partial charge is 0.376 e. The van der Waals surface area contributed by atoms with Crippen molar-refractivity contribution in [1.29, 1.82) is 0 Å². The van der Waals surface area contributed by atoms with Crippen LogP contribution in [0.2, 0.25) is 0 Å². The summed E-state index contributed by atoms with van der Waals surface area (Å²) in [6.07, 6.45) is 5.20. The second kappa shape index (κ2) is 5.34. The zero-order chi connectivity index (χ0) is 14.1. The zero-order valence-electron chi connectivity index (χ0n) is 11.7. The van der Waals surface area contributed by atoms with Crippen molar-refractivity contribution < 1.29 is 0 Å². The molecule has 2 aromatic carbocycles. The van der Waals surface area contributed by atoms with Gasteiger partial charge in [0.05, 0.1) is 10.7 Å². The van der Waals surface area contributed by atoms with Crippen molar-refractivity contribution in [3.05, 3.63) is 71.3 Å². The van der Waals surface area contributed by atoms with Crippen molar-refractivity contribution in [1.82, 2.24) is 4.90 Å². The first-order chi connectivity index (χ1) is 9.68. The topological polar surface area (TPSA) is 3.24 Å². The van der Waals surface area contributed by atoms with Gasteiger partial charge in [-0.15, -0.1) is 0 Å². The van der Waals surface area contributed by atoms with Crippen LogP contribution in [-0.2, 0) is 0 Å². The van der Waals surface area contributed by atoms with Gasteiger partial charge in [-0.2, -0.15) is 0 Å². The average molecular weight is 283 g/mol. The van der Waals surface area contributed by atoms with E-state index in [2.05, 4.69) is 59.9 Å². The van der Waals surface area contributed by atoms with Gasteiger partial charge >= 0.3 is 0 Å². The standard InChI is InChI=1S/C18H17ClN/c1-20(2)18-16(11-6-12-17(18)19)15-10-5-8-13-7-3-4-9-14(13)15/h3-5,7-12H,6H2,1-2H3. The number of likely N-dealkylation sites (N-methyl/N-ethyl adjacent to an activating group) is 1. The first-order valence-electron chi connectivity index (χ1n) is 6.77. The smallest absolute Gasteiger partial charge is 0.0602 e. The lowest BCUT2D eigenvalue weighted by Gasteiger charge is -2.25.